The third-order valence-corrected chi connectivity index (χ3v) is 8.08. The van der Waals surface area contributed by atoms with Crippen molar-refractivity contribution in [3.8, 4) is 0 Å². The second kappa shape index (κ2) is 11.1. The molecule has 0 aromatic rings. The normalized spacial score (nSPS) is 32.3. The van der Waals surface area contributed by atoms with E-state index in [1.165, 1.54) is 77.0 Å². The van der Waals surface area contributed by atoms with E-state index in [4.69, 9.17) is 0 Å². The fourth-order valence-electron chi connectivity index (χ4n) is 6.67. The summed E-state index contributed by atoms with van der Waals surface area (Å²) in [5, 5.41) is 0. The minimum absolute atomic E-state index is 0.167. The lowest BCUT2D eigenvalue weighted by atomic mass is 9.59. The first-order chi connectivity index (χ1) is 13.7. The summed E-state index contributed by atoms with van der Waals surface area (Å²) in [7, 11) is 0. The summed E-state index contributed by atoms with van der Waals surface area (Å²) < 4.78 is 0. The zero-order valence-electron chi connectivity index (χ0n) is 17.5. The van der Waals surface area contributed by atoms with E-state index < -0.39 is 0 Å². The number of rotatable bonds is 8. The quantitative estimate of drug-likeness (QED) is 0.379. The Morgan fingerprint density at radius 2 is 1.39 bits per heavy atom. The molecule has 0 aliphatic heterocycles. The molecule has 28 heavy (non-hydrogen) atoms. The van der Waals surface area contributed by atoms with Crippen molar-refractivity contribution in [1.29, 1.82) is 0 Å². The van der Waals surface area contributed by atoms with Crippen LogP contribution in [-0.2, 0) is 9.59 Å². The maximum Gasteiger partial charge on any atom is 0.234 e. The predicted octanol–water partition coefficient (Wildman–Crippen LogP) is 6.00. The number of aliphatic imine (C=N–C) groups is 2. The molecular formula is C24H38N2O2. The van der Waals surface area contributed by atoms with E-state index in [-0.39, 0.29) is 5.41 Å². The molecule has 0 radical (unpaired) electrons. The van der Waals surface area contributed by atoms with Crippen LogP contribution in [0.2, 0.25) is 0 Å². The Morgan fingerprint density at radius 1 is 0.750 bits per heavy atom. The van der Waals surface area contributed by atoms with Gasteiger partial charge in [0.25, 0.3) is 0 Å². The predicted molar refractivity (Wildman–Crippen MR) is 112 cm³/mol. The van der Waals surface area contributed by atoms with Crippen molar-refractivity contribution in [3.05, 3.63) is 0 Å². The fraction of sp³-hybridized carbons (Fsp3) is 0.917. The molecule has 0 aromatic carbocycles. The molecule has 3 unspecified atom stereocenters. The van der Waals surface area contributed by atoms with Crippen molar-refractivity contribution in [2.45, 2.75) is 96.3 Å². The van der Waals surface area contributed by atoms with Crippen LogP contribution < -0.4 is 0 Å². The third-order valence-electron chi connectivity index (χ3n) is 8.08. The van der Waals surface area contributed by atoms with E-state index in [1.54, 1.807) is 6.08 Å². The number of nitrogens with zero attached hydrogens (tertiary/aromatic N) is 2. The van der Waals surface area contributed by atoms with Gasteiger partial charge >= 0.3 is 0 Å². The van der Waals surface area contributed by atoms with Gasteiger partial charge in [0.05, 0.1) is 13.1 Å². The highest BCUT2D eigenvalue weighted by atomic mass is 16.1. The van der Waals surface area contributed by atoms with Gasteiger partial charge in [-0.3, -0.25) is 0 Å². The number of hydrogen-bond acceptors (Lipinski definition) is 4. The van der Waals surface area contributed by atoms with E-state index in [1.807, 2.05) is 6.08 Å². The van der Waals surface area contributed by atoms with Gasteiger partial charge in [0.15, 0.2) is 0 Å². The molecule has 3 atom stereocenters. The van der Waals surface area contributed by atoms with Gasteiger partial charge in [-0.25, -0.2) is 19.6 Å². The summed E-state index contributed by atoms with van der Waals surface area (Å²) >= 11 is 0. The summed E-state index contributed by atoms with van der Waals surface area (Å²) in [4.78, 5) is 29.7. The molecular weight excluding hydrogens is 348 g/mol. The topological polar surface area (TPSA) is 58.9 Å². The lowest BCUT2D eigenvalue weighted by molar-refractivity contribution is 0.0501. The second-order valence-electron chi connectivity index (χ2n) is 10.1. The first kappa shape index (κ1) is 21.5. The van der Waals surface area contributed by atoms with Crippen LogP contribution in [-0.4, -0.2) is 25.2 Å². The summed E-state index contributed by atoms with van der Waals surface area (Å²) in [6.07, 6.45) is 23.1. The minimum Gasteiger partial charge on any atom is -0.211 e. The van der Waals surface area contributed by atoms with Gasteiger partial charge in [-0.15, -0.1) is 0 Å². The van der Waals surface area contributed by atoms with Crippen molar-refractivity contribution >= 4 is 12.2 Å². The molecule has 0 bridgehead atoms. The van der Waals surface area contributed by atoms with Crippen molar-refractivity contribution in [2.24, 2.45) is 39.1 Å². The lowest BCUT2D eigenvalue weighted by Crippen LogP contribution is -2.39. The smallest absolute Gasteiger partial charge is 0.211 e. The minimum atomic E-state index is 0.167. The van der Waals surface area contributed by atoms with Gasteiger partial charge < -0.3 is 0 Å². The zero-order chi connectivity index (χ0) is 19.7. The van der Waals surface area contributed by atoms with Crippen LogP contribution in [0.25, 0.3) is 0 Å². The van der Waals surface area contributed by atoms with E-state index in [9.17, 15) is 9.59 Å². The molecule has 3 saturated carbocycles. The standard InChI is InChI=1S/C24H38N2O2/c27-18-25-16-22-11-12-24(17-26-19-28,14-21-9-5-2-6-10-21)15-23(22)13-20-7-3-1-4-8-20/h20-23H,1-17H2. The largest absolute Gasteiger partial charge is 0.234 e. The fourth-order valence-corrected chi connectivity index (χ4v) is 6.67. The molecule has 0 spiro atoms. The van der Waals surface area contributed by atoms with Gasteiger partial charge in [-0.1, -0.05) is 64.2 Å². The summed E-state index contributed by atoms with van der Waals surface area (Å²) in [6, 6.07) is 0. The highest BCUT2D eigenvalue weighted by Crippen LogP contribution is 2.50. The molecule has 0 amide bonds. The van der Waals surface area contributed by atoms with Gasteiger partial charge in [-0.2, -0.15) is 0 Å². The zero-order valence-corrected chi connectivity index (χ0v) is 17.5. The van der Waals surface area contributed by atoms with E-state index in [2.05, 4.69) is 9.98 Å². The van der Waals surface area contributed by atoms with Crippen molar-refractivity contribution in [1.82, 2.24) is 0 Å². The second-order valence-corrected chi connectivity index (χ2v) is 10.1. The Morgan fingerprint density at radius 3 is 2.04 bits per heavy atom. The molecule has 3 fully saturated rings. The monoisotopic (exact) mass is 386 g/mol. The molecule has 156 valence electrons. The molecule has 4 nitrogen and oxygen atoms in total. The summed E-state index contributed by atoms with van der Waals surface area (Å²) in [5.41, 5.74) is 0.167. The van der Waals surface area contributed by atoms with Gasteiger partial charge in [0.1, 0.15) is 0 Å². The maximum atomic E-state index is 10.9. The molecule has 3 aliphatic rings. The molecule has 0 saturated heterocycles. The first-order valence-corrected chi connectivity index (χ1v) is 11.8. The Kier molecular flexibility index (Phi) is 8.49. The van der Waals surface area contributed by atoms with Crippen LogP contribution >= 0.6 is 0 Å². The lowest BCUT2D eigenvalue weighted by Gasteiger charge is -2.46. The van der Waals surface area contributed by atoms with Crippen LogP contribution in [0.5, 0.6) is 0 Å². The average molecular weight is 387 g/mol. The molecule has 0 aromatic heterocycles. The van der Waals surface area contributed by atoms with Gasteiger partial charge in [0, 0.05) is 0 Å². The Hall–Kier alpha value is -1.24. The van der Waals surface area contributed by atoms with Crippen molar-refractivity contribution in [2.75, 3.05) is 13.1 Å². The van der Waals surface area contributed by atoms with Crippen LogP contribution in [0.1, 0.15) is 96.3 Å². The van der Waals surface area contributed by atoms with Crippen LogP contribution in [0.15, 0.2) is 9.98 Å². The van der Waals surface area contributed by atoms with E-state index >= 15 is 0 Å². The molecule has 3 rings (SSSR count). The molecule has 0 heterocycles. The molecule has 0 N–H and O–H groups in total. The Bertz CT molecular complexity index is 567. The van der Waals surface area contributed by atoms with Gasteiger partial charge in [-0.05, 0) is 61.2 Å². The summed E-state index contributed by atoms with van der Waals surface area (Å²) in [6.45, 7) is 1.29. The highest BCUT2D eigenvalue weighted by molar-refractivity contribution is 5.33. The highest BCUT2D eigenvalue weighted by Gasteiger charge is 2.42. The average Bonchev–Trinajstić information content (AvgIpc) is 2.73. The van der Waals surface area contributed by atoms with E-state index in [0.717, 1.165) is 31.1 Å². The maximum absolute atomic E-state index is 10.9. The Balaban J connectivity index is 1.72. The first-order valence-electron chi connectivity index (χ1n) is 11.8. The summed E-state index contributed by atoms with van der Waals surface area (Å²) in [5.74, 6) is 2.75. The Labute approximate surface area is 170 Å². The SMILES string of the molecule is O=C=NCC1CCC(CN=C=O)(CC2CCCCC2)CC1CC1CCCCC1. The number of hydrogen-bond donors (Lipinski definition) is 0. The van der Waals surface area contributed by atoms with Crippen LogP contribution in [0.3, 0.4) is 0 Å². The van der Waals surface area contributed by atoms with E-state index in [0.29, 0.717) is 24.9 Å². The molecule has 4 heteroatoms. The third kappa shape index (κ3) is 6.13. The van der Waals surface area contributed by atoms with Crippen LogP contribution in [0, 0.1) is 29.1 Å². The number of carbonyl (C=O) groups excluding carboxylic acids is 2. The van der Waals surface area contributed by atoms with Crippen molar-refractivity contribution in [3.63, 3.8) is 0 Å². The molecule has 3 aliphatic carbocycles. The van der Waals surface area contributed by atoms with Gasteiger partial charge in [0.2, 0.25) is 12.2 Å². The number of isocyanates is 2. The van der Waals surface area contributed by atoms with Crippen molar-refractivity contribution < 1.29 is 9.59 Å². The van der Waals surface area contributed by atoms with Crippen LogP contribution in [0.4, 0.5) is 0 Å².